The van der Waals surface area contributed by atoms with Crippen LogP contribution in [0.25, 0.3) is 0 Å². The Morgan fingerprint density at radius 3 is 2.19 bits per heavy atom. The summed E-state index contributed by atoms with van der Waals surface area (Å²) in [7, 11) is 4.88. The average molecular weight is 450 g/mol. The second-order valence-electron chi connectivity index (χ2n) is 7.63. The lowest BCUT2D eigenvalue weighted by Crippen LogP contribution is -2.52. The first-order chi connectivity index (χ1) is 15.6. The van der Waals surface area contributed by atoms with Crippen LogP contribution in [0.4, 0.5) is 0 Å². The fourth-order valence-corrected chi connectivity index (χ4v) is 3.64. The normalized spacial score (nSPS) is 14.8. The summed E-state index contributed by atoms with van der Waals surface area (Å²) in [4.78, 5) is 21.1. The summed E-state index contributed by atoms with van der Waals surface area (Å²) >= 11 is 0. The smallest absolute Gasteiger partial charge is 0.221 e. The Bertz CT molecular complexity index is 723. The third-order valence-electron chi connectivity index (χ3n) is 5.31. The number of guanidine groups is 1. The van der Waals surface area contributed by atoms with Crippen molar-refractivity contribution in [3.63, 3.8) is 0 Å². The maximum Gasteiger partial charge on any atom is 0.221 e. The van der Waals surface area contributed by atoms with Crippen molar-refractivity contribution in [2.75, 3.05) is 67.1 Å². The monoisotopic (exact) mass is 449 g/mol. The van der Waals surface area contributed by atoms with Crippen LogP contribution in [0.15, 0.2) is 17.1 Å². The molecule has 0 radical (unpaired) electrons. The lowest BCUT2D eigenvalue weighted by atomic mass is 10.1. The van der Waals surface area contributed by atoms with E-state index in [1.54, 1.807) is 21.3 Å². The molecule has 1 aromatic carbocycles. The topological polar surface area (TPSA) is 87.7 Å². The van der Waals surface area contributed by atoms with Gasteiger partial charge >= 0.3 is 0 Å². The third-order valence-corrected chi connectivity index (χ3v) is 5.31. The Morgan fingerprint density at radius 1 is 1.00 bits per heavy atom. The molecule has 0 saturated carbocycles. The van der Waals surface area contributed by atoms with Crippen molar-refractivity contribution in [3.05, 3.63) is 17.7 Å². The molecule has 1 aliphatic rings. The maximum atomic E-state index is 11.8. The van der Waals surface area contributed by atoms with E-state index in [-0.39, 0.29) is 5.91 Å². The number of carbonyl (C=O) groups excluding carboxylic acids is 1. The van der Waals surface area contributed by atoms with Gasteiger partial charge in [0.15, 0.2) is 17.5 Å². The molecule has 1 heterocycles. The van der Waals surface area contributed by atoms with Gasteiger partial charge in [0.1, 0.15) is 0 Å². The zero-order valence-corrected chi connectivity index (χ0v) is 20.2. The minimum absolute atomic E-state index is 0.0571. The Morgan fingerprint density at radius 2 is 1.66 bits per heavy atom. The Balaban J connectivity index is 1.93. The fourth-order valence-electron chi connectivity index (χ4n) is 3.64. The van der Waals surface area contributed by atoms with E-state index in [0.717, 1.165) is 63.8 Å². The van der Waals surface area contributed by atoms with Crippen LogP contribution in [-0.2, 0) is 11.3 Å². The van der Waals surface area contributed by atoms with Gasteiger partial charge in [0.05, 0.1) is 27.9 Å². The van der Waals surface area contributed by atoms with Crippen LogP contribution in [0.5, 0.6) is 17.2 Å². The van der Waals surface area contributed by atoms with Crippen LogP contribution in [-0.4, -0.2) is 88.8 Å². The van der Waals surface area contributed by atoms with Gasteiger partial charge in [-0.3, -0.25) is 14.7 Å². The third kappa shape index (κ3) is 7.47. The van der Waals surface area contributed by atoms with Gasteiger partial charge in [-0.1, -0.05) is 6.92 Å². The predicted molar refractivity (Wildman–Crippen MR) is 127 cm³/mol. The second-order valence-corrected chi connectivity index (χ2v) is 7.63. The molecule has 2 rings (SSSR count). The highest BCUT2D eigenvalue weighted by atomic mass is 16.5. The number of aliphatic imine (C=N–C) groups is 1. The van der Waals surface area contributed by atoms with Crippen molar-refractivity contribution in [3.8, 4) is 17.2 Å². The van der Waals surface area contributed by atoms with E-state index < -0.39 is 0 Å². The summed E-state index contributed by atoms with van der Waals surface area (Å²) in [6.07, 6.45) is 1.36. The van der Waals surface area contributed by atoms with E-state index in [0.29, 0.717) is 30.2 Å². The van der Waals surface area contributed by atoms with Crippen LogP contribution in [0.2, 0.25) is 0 Å². The van der Waals surface area contributed by atoms with Gasteiger partial charge in [-0.05, 0) is 31.0 Å². The molecule has 2 N–H and O–H groups in total. The molecule has 0 aliphatic carbocycles. The van der Waals surface area contributed by atoms with Crippen LogP contribution >= 0.6 is 0 Å². The molecule has 32 heavy (non-hydrogen) atoms. The van der Waals surface area contributed by atoms with Crippen molar-refractivity contribution in [2.24, 2.45) is 4.99 Å². The van der Waals surface area contributed by atoms with Crippen LogP contribution in [0.1, 0.15) is 32.3 Å². The molecule has 1 aliphatic heterocycles. The van der Waals surface area contributed by atoms with Gasteiger partial charge < -0.3 is 29.7 Å². The quantitative estimate of drug-likeness (QED) is 0.393. The van der Waals surface area contributed by atoms with E-state index in [4.69, 9.17) is 14.2 Å². The van der Waals surface area contributed by atoms with E-state index in [2.05, 4.69) is 32.3 Å². The highest BCUT2D eigenvalue weighted by Gasteiger charge is 2.21. The minimum Gasteiger partial charge on any atom is -0.493 e. The number of nitrogens with zero attached hydrogens (tertiary/aromatic N) is 3. The average Bonchev–Trinajstić information content (AvgIpc) is 2.82. The van der Waals surface area contributed by atoms with Crippen molar-refractivity contribution in [1.82, 2.24) is 20.4 Å². The number of methoxy groups -OCH3 is 3. The van der Waals surface area contributed by atoms with Crippen molar-refractivity contribution in [2.45, 2.75) is 33.2 Å². The summed E-state index contributed by atoms with van der Waals surface area (Å²) in [6, 6.07) is 4.01. The summed E-state index contributed by atoms with van der Waals surface area (Å²) in [5.41, 5.74) is 1.12. The molecule has 1 aromatic rings. The standard InChI is InChI=1S/C23H39N5O4/c1-6-9-25-21(29)8-10-26-23(24-7-2)28-13-11-27(12-14-28)17-18-15-19(30-3)22(32-5)20(16-18)31-4/h15-16H,6-14,17H2,1-5H3,(H,24,26)(H,25,29). The molecule has 9 nitrogen and oxygen atoms in total. The van der Waals surface area contributed by atoms with E-state index in [1.807, 2.05) is 19.1 Å². The number of piperazine rings is 1. The number of ether oxygens (including phenoxy) is 3. The van der Waals surface area contributed by atoms with Gasteiger partial charge in [0.25, 0.3) is 0 Å². The number of hydrogen-bond donors (Lipinski definition) is 2. The molecule has 0 aromatic heterocycles. The number of amides is 1. The van der Waals surface area contributed by atoms with Gasteiger partial charge in [0.2, 0.25) is 11.7 Å². The summed E-state index contributed by atoms with van der Waals surface area (Å²) in [5.74, 6) is 2.89. The molecule has 0 atom stereocenters. The number of nitrogens with one attached hydrogen (secondary N) is 2. The number of benzene rings is 1. The molecule has 1 fully saturated rings. The van der Waals surface area contributed by atoms with Gasteiger partial charge in [0, 0.05) is 52.2 Å². The summed E-state index contributed by atoms with van der Waals surface area (Å²) in [5, 5.41) is 6.25. The van der Waals surface area contributed by atoms with Gasteiger partial charge in [-0.2, -0.15) is 0 Å². The molecule has 180 valence electrons. The zero-order chi connectivity index (χ0) is 23.3. The lowest BCUT2D eigenvalue weighted by molar-refractivity contribution is -0.120. The van der Waals surface area contributed by atoms with Crippen LogP contribution in [0, 0.1) is 0 Å². The first-order valence-corrected chi connectivity index (χ1v) is 11.4. The van der Waals surface area contributed by atoms with Crippen molar-refractivity contribution < 1.29 is 19.0 Å². The number of rotatable bonds is 11. The van der Waals surface area contributed by atoms with Gasteiger partial charge in [-0.15, -0.1) is 0 Å². The van der Waals surface area contributed by atoms with E-state index in [1.165, 1.54) is 0 Å². The molecule has 0 bridgehead atoms. The van der Waals surface area contributed by atoms with E-state index >= 15 is 0 Å². The second kappa shape index (κ2) is 13.7. The minimum atomic E-state index is 0.0571. The Hall–Kier alpha value is -2.68. The number of carbonyl (C=O) groups is 1. The summed E-state index contributed by atoms with van der Waals surface area (Å²) < 4.78 is 16.4. The first-order valence-electron chi connectivity index (χ1n) is 11.4. The SMILES string of the molecule is CCCNC(=O)CCN=C(NCC)N1CCN(Cc2cc(OC)c(OC)c(OC)c2)CC1. The maximum absolute atomic E-state index is 11.8. The van der Waals surface area contributed by atoms with Gasteiger partial charge in [-0.25, -0.2) is 0 Å². The molecular formula is C23H39N5O4. The first kappa shape index (κ1) is 25.6. The highest BCUT2D eigenvalue weighted by Crippen LogP contribution is 2.38. The lowest BCUT2D eigenvalue weighted by Gasteiger charge is -2.36. The fraction of sp³-hybridized carbons (Fsp3) is 0.652. The predicted octanol–water partition coefficient (Wildman–Crippen LogP) is 1.71. The molecule has 1 amide bonds. The van der Waals surface area contributed by atoms with Crippen LogP contribution < -0.4 is 24.8 Å². The molecule has 0 unspecified atom stereocenters. The summed E-state index contributed by atoms with van der Waals surface area (Å²) in [6.45, 7) is 10.5. The molecule has 9 heteroatoms. The largest absolute Gasteiger partial charge is 0.493 e. The Labute approximate surface area is 192 Å². The van der Waals surface area contributed by atoms with Crippen molar-refractivity contribution in [1.29, 1.82) is 0 Å². The Kier molecular flexibility index (Phi) is 10.9. The highest BCUT2D eigenvalue weighted by molar-refractivity contribution is 5.81. The molecule has 0 spiro atoms. The van der Waals surface area contributed by atoms with Crippen molar-refractivity contribution >= 4 is 11.9 Å². The molecule has 1 saturated heterocycles. The van der Waals surface area contributed by atoms with E-state index in [9.17, 15) is 4.79 Å². The van der Waals surface area contributed by atoms with Crippen LogP contribution in [0.3, 0.4) is 0 Å². The molecular weight excluding hydrogens is 410 g/mol. The number of hydrogen-bond acceptors (Lipinski definition) is 6. The zero-order valence-electron chi connectivity index (χ0n) is 20.2.